The molecule has 2 heterocycles. The normalized spacial score (nSPS) is 25.6. The van der Waals surface area contributed by atoms with Gasteiger partial charge < -0.3 is 16.4 Å². The monoisotopic (exact) mass is 367 g/mol. The fraction of sp³-hybridized carbons (Fsp3) is 0.222. The molecule has 0 bridgehead atoms. The molecule has 130 valence electrons. The number of nitrogens with two attached hydrogens (primary N) is 2. The molecule has 7 nitrogen and oxygen atoms in total. The average Bonchev–Trinajstić information content (AvgIpc) is 2.91. The molecule has 0 saturated carbocycles. The van der Waals surface area contributed by atoms with Crippen molar-refractivity contribution < 1.29 is 9.59 Å². The predicted octanol–water partition coefficient (Wildman–Crippen LogP) is 0.934. The standard InChI is InChI=1S/C18H14ClN5O2/c19-12-3-1-2-10(6-12)14-15(17(23)26)24-7-11(16(22)25)4-5-13(24)18(14,8-20)9-21/h1-7,13-15H,(H2,22,25)(H2,23,26)/t13-,14-,15+/m0/s1. The lowest BCUT2D eigenvalue weighted by molar-refractivity contribution is -0.122. The van der Waals surface area contributed by atoms with Gasteiger partial charge in [-0.3, -0.25) is 9.59 Å². The van der Waals surface area contributed by atoms with Crippen LogP contribution in [-0.4, -0.2) is 28.8 Å². The molecule has 0 unspecified atom stereocenters. The van der Waals surface area contributed by atoms with E-state index in [2.05, 4.69) is 12.1 Å². The number of amides is 2. The molecule has 4 N–H and O–H groups in total. The highest BCUT2D eigenvalue weighted by molar-refractivity contribution is 6.30. The number of hydrogen-bond acceptors (Lipinski definition) is 5. The minimum absolute atomic E-state index is 0.157. The molecule has 26 heavy (non-hydrogen) atoms. The summed E-state index contributed by atoms with van der Waals surface area (Å²) in [7, 11) is 0. The Morgan fingerprint density at radius 1 is 1.23 bits per heavy atom. The third-order valence-electron chi connectivity index (χ3n) is 4.82. The van der Waals surface area contributed by atoms with E-state index < -0.39 is 35.2 Å². The Bertz CT molecular complexity index is 926. The molecule has 2 aliphatic heterocycles. The first-order chi connectivity index (χ1) is 12.4. The molecule has 3 rings (SSSR count). The van der Waals surface area contributed by atoms with Crippen molar-refractivity contribution in [2.45, 2.75) is 18.0 Å². The molecular formula is C18H14ClN5O2. The largest absolute Gasteiger partial charge is 0.368 e. The maximum absolute atomic E-state index is 12.3. The Morgan fingerprint density at radius 2 is 1.92 bits per heavy atom. The van der Waals surface area contributed by atoms with Crippen molar-refractivity contribution in [1.82, 2.24) is 4.90 Å². The van der Waals surface area contributed by atoms with Gasteiger partial charge in [0.25, 0.3) is 0 Å². The first kappa shape index (κ1) is 17.5. The number of benzene rings is 1. The van der Waals surface area contributed by atoms with Gasteiger partial charge in [0.05, 0.1) is 23.8 Å². The summed E-state index contributed by atoms with van der Waals surface area (Å²) in [6.07, 6.45) is 4.37. The molecule has 3 atom stereocenters. The van der Waals surface area contributed by atoms with Crippen LogP contribution in [0.15, 0.2) is 48.2 Å². The van der Waals surface area contributed by atoms with Gasteiger partial charge in [-0.1, -0.05) is 29.8 Å². The summed E-state index contributed by atoms with van der Waals surface area (Å²) in [6.45, 7) is 0. The van der Waals surface area contributed by atoms with Crippen molar-refractivity contribution in [2.75, 3.05) is 0 Å². The summed E-state index contributed by atoms with van der Waals surface area (Å²) in [6, 6.07) is 8.99. The van der Waals surface area contributed by atoms with Crippen molar-refractivity contribution in [3.63, 3.8) is 0 Å². The van der Waals surface area contributed by atoms with Crippen LogP contribution in [0.2, 0.25) is 5.02 Å². The maximum atomic E-state index is 12.3. The van der Waals surface area contributed by atoms with Crippen LogP contribution < -0.4 is 11.5 Å². The summed E-state index contributed by atoms with van der Waals surface area (Å²) in [5.74, 6) is -2.26. The minimum Gasteiger partial charge on any atom is -0.368 e. The third-order valence-corrected chi connectivity index (χ3v) is 5.05. The topological polar surface area (TPSA) is 137 Å². The number of nitrogens with zero attached hydrogens (tertiary/aromatic N) is 3. The molecule has 1 saturated heterocycles. The van der Waals surface area contributed by atoms with Gasteiger partial charge in [0.2, 0.25) is 11.8 Å². The number of carbonyl (C=O) groups is 2. The molecule has 0 radical (unpaired) electrons. The molecule has 8 heteroatoms. The van der Waals surface area contributed by atoms with Crippen LogP contribution in [0.3, 0.4) is 0 Å². The zero-order valence-electron chi connectivity index (χ0n) is 13.5. The average molecular weight is 368 g/mol. The molecule has 1 aromatic carbocycles. The van der Waals surface area contributed by atoms with Crippen LogP contribution in [0, 0.1) is 28.1 Å². The first-order valence-electron chi connectivity index (χ1n) is 7.70. The number of hydrogen-bond donors (Lipinski definition) is 2. The highest BCUT2D eigenvalue weighted by Crippen LogP contribution is 2.52. The molecule has 1 fully saturated rings. The number of halogens is 1. The molecule has 0 spiro atoms. The van der Waals surface area contributed by atoms with Crippen molar-refractivity contribution in [2.24, 2.45) is 16.9 Å². The van der Waals surface area contributed by atoms with E-state index >= 15 is 0 Å². The summed E-state index contributed by atoms with van der Waals surface area (Å²) in [5.41, 5.74) is 10.0. The van der Waals surface area contributed by atoms with Gasteiger partial charge in [0, 0.05) is 17.1 Å². The zero-order chi connectivity index (χ0) is 19.1. The summed E-state index contributed by atoms with van der Waals surface area (Å²) in [5, 5.41) is 20.2. The molecule has 2 amide bonds. The van der Waals surface area contributed by atoms with E-state index in [1.165, 1.54) is 23.3 Å². The van der Waals surface area contributed by atoms with Gasteiger partial charge in [0.15, 0.2) is 5.41 Å². The van der Waals surface area contributed by atoms with Gasteiger partial charge in [0.1, 0.15) is 6.04 Å². The molecule has 2 aliphatic rings. The summed E-state index contributed by atoms with van der Waals surface area (Å²) in [4.78, 5) is 25.3. The van der Waals surface area contributed by atoms with Crippen LogP contribution in [-0.2, 0) is 9.59 Å². The van der Waals surface area contributed by atoms with E-state index in [0.29, 0.717) is 10.6 Å². The van der Waals surface area contributed by atoms with Crippen LogP contribution in [0.4, 0.5) is 0 Å². The van der Waals surface area contributed by atoms with Crippen LogP contribution in [0.5, 0.6) is 0 Å². The Labute approximate surface area is 154 Å². The number of fused-ring (bicyclic) bond motifs is 1. The van der Waals surface area contributed by atoms with Gasteiger partial charge in [-0.15, -0.1) is 0 Å². The molecule has 0 aromatic heterocycles. The second-order valence-electron chi connectivity index (χ2n) is 6.17. The predicted molar refractivity (Wildman–Crippen MR) is 92.9 cm³/mol. The van der Waals surface area contributed by atoms with E-state index in [0.717, 1.165) is 0 Å². The number of carbonyl (C=O) groups excluding carboxylic acids is 2. The highest BCUT2D eigenvalue weighted by atomic mass is 35.5. The second-order valence-corrected chi connectivity index (χ2v) is 6.61. The highest BCUT2D eigenvalue weighted by Gasteiger charge is 2.62. The van der Waals surface area contributed by atoms with Crippen LogP contribution in [0.25, 0.3) is 0 Å². The Kier molecular flexibility index (Phi) is 4.19. The second kappa shape index (κ2) is 6.21. The Morgan fingerprint density at radius 3 is 2.46 bits per heavy atom. The van der Waals surface area contributed by atoms with E-state index in [4.69, 9.17) is 23.1 Å². The van der Waals surface area contributed by atoms with E-state index in [9.17, 15) is 20.1 Å². The number of nitriles is 2. The third kappa shape index (κ3) is 2.42. The van der Waals surface area contributed by atoms with E-state index in [-0.39, 0.29) is 5.57 Å². The number of rotatable bonds is 3. The van der Waals surface area contributed by atoms with Crippen molar-refractivity contribution in [3.8, 4) is 12.1 Å². The molecule has 0 aliphatic carbocycles. The zero-order valence-corrected chi connectivity index (χ0v) is 14.2. The van der Waals surface area contributed by atoms with Crippen LogP contribution in [0.1, 0.15) is 11.5 Å². The molecular weight excluding hydrogens is 354 g/mol. The number of primary amides is 2. The molecule has 1 aromatic rings. The summed E-state index contributed by atoms with van der Waals surface area (Å²) < 4.78 is 0. The first-order valence-corrected chi connectivity index (χ1v) is 8.08. The lowest BCUT2D eigenvalue weighted by Gasteiger charge is -2.30. The van der Waals surface area contributed by atoms with Gasteiger partial charge >= 0.3 is 0 Å². The quantitative estimate of drug-likeness (QED) is 0.818. The lowest BCUT2D eigenvalue weighted by atomic mass is 9.70. The van der Waals surface area contributed by atoms with E-state index in [1.807, 2.05) is 0 Å². The smallest absolute Gasteiger partial charge is 0.250 e. The summed E-state index contributed by atoms with van der Waals surface area (Å²) >= 11 is 6.06. The Hall–Kier alpha value is -3.29. The minimum atomic E-state index is -1.60. The van der Waals surface area contributed by atoms with Gasteiger partial charge in [-0.2, -0.15) is 10.5 Å². The fourth-order valence-electron chi connectivity index (χ4n) is 3.72. The van der Waals surface area contributed by atoms with Crippen molar-refractivity contribution >= 4 is 23.4 Å². The Balaban J connectivity index is 2.26. The van der Waals surface area contributed by atoms with Crippen molar-refractivity contribution in [3.05, 3.63) is 58.8 Å². The maximum Gasteiger partial charge on any atom is 0.250 e. The van der Waals surface area contributed by atoms with Gasteiger partial charge in [-0.05, 0) is 23.8 Å². The van der Waals surface area contributed by atoms with Gasteiger partial charge in [-0.25, -0.2) is 0 Å². The fourth-order valence-corrected chi connectivity index (χ4v) is 3.92. The lowest BCUT2D eigenvalue weighted by Crippen LogP contribution is -2.43. The SMILES string of the molecule is N#CC1(C#N)[C@@H]2C=CC(C(N)=O)=CN2[C@@H](C(N)=O)[C@@H]1c1cccc(Cl)c1. The van der Waals surface area contributed by atoms with Crippen LogP contribution >= 0.6 is 11.6 Å². The van der Waals surface area contributed by atoms with E-state index in [1.54, 1.807) is 24.3 Å². The van der Waals surface area contributed by atoms with Crippen molar-refractivity contribution in [1.29, 1.82) is 10.5 Å².